The van der Waals surface area contributed by atoms with Gasteiger partial charge in [-0.2, -0.15) is 0 Å². The van der Waals surface area contributed by atoms with Crippen LogP contribution in [0.2, 0.25) is 0 Å². The van der Waals surface area contributed by atoms with Gasteiger partial charge in [0.25, 0.3) is 0 Å². The SMILES string of the molecule is Cc1nc2c(C)cccn2c1CC(=O)O.Cl. The lowest BCUT2D eigenvalue weighted by Crippen LogP contribution is -2.04. The number of imidazole rings is 1. The van der Waals surface area contributed by atoms with E-state index in [9.17, 15) is 4.79 Å². The number of hydrogen-bond donors (Lipinski definition) is 1. The Balaban J connectivity index is 0.00000128. The van der Waals surface area contributed by atoms with E-state index in [0.717, 1.165) is 22.6 Å². The van der Waals surface area contributed by atoms with Gasteiger partial charge in [-0.1, -0.05) is 6.07 Å². The second-order valence-electron chi connectivity index (χ2n) is 3.60. The third-order valence-corrected chi connectivity index (χ3v) is 2.46. The van der Waals surface area contributed by atoms with Crippen molar-refractivity contribution in [1.82, 2.24) is 9.38 Å². The second-order valence-corrected chi connectivity index (χ2v) is 3.60. The maximum Gasteiger partial charge on any atom is 0.309 e. The third-order valence-electron chi connectivity index (χ3n) is 2.46. The third kappa shape index (κ3) is 2.02. The van der Waals surface area contributed by atoms with E-state index < -0.39 is 5.97 Å². The van der Waals surface area contributed by atoms with E-state index in [0.29, 0.717) is 0 Å². The number of rotatable bonds is 2. The molecule has 0 amide bonds. The zero-order valence-electron chi connectivity index (χ0n) is 9.10. The Morgan fingerprint density at radius 3 is 2.81 bits per heavy atom. The van der Waals surface area contributed by atoms with Crippen molar-refractivity contribution in [3.8, 4) is 0 Å². The molecule has 0 radical (unpaired) electrons. The smallest absolute Gasteiger partial charge is 0.309 e. The molecule has 0 aromatic carbocycles. The number of aryl methyl sites for hydroxylation is 2. The van der Waals surface area contributed by atoms with Gasteiger partial charge < -0.3 is 9.51 Å². The predicted octanol–water partition coefficient (Wildman–Crippen LogP) is 2.00. The summed E-state index contributed by atoms with van der Waals surface area (Å²) in [5.74, 6) is -0.832. The number of fused-ring (bicyclic) bond motifs is 1. The van der Waals surface area contributed by atoms with Gasteiger partial charge in [-0.3, -0.25) is 4.79 Å². The molecular weight excluding hydrogens is 228 g/mol. The molecule has 0 fully saturated rings. The summed E-state index contributed by atoms with van der Waals surface area (Å²) in [5.41, 5.74) is 3.43. The maximum atomic E-state index is 10.7. The molecule has 2 rings (SSSR count). The summed E-state index contributed by atoms with van der Waals surface area (Å²) < 4.78 is 1.85. The zero-order chi connectivity index (χ0) is 11.0. The topological polar surface area (TPSA) is 54.6 Å². The number of carbonyl (C=O) groups is 1. The summed E-state index contributed by atoms with van der Waals surface area (Å²) in [5, 5.41) is 8.80. The van der Waals surface area contributed by atoms with Crippen LogP contribution in [0.25, 0.3) is 5.65 Å². The lowest BCUT2D eigenvalue weighted by atomic mass is 10.2. The quantitative estimate of drug-likeness (QED) is 0.874. The van der Waals surface area contributed by atoms with Crippen LogP contribution >= 0.6 is 12.4 Å². The van der Waals surface area contributed by atoms with Crippen molar-refractivity contribution in [1.29, 1.82) is 0 Å². The van der Waals surface area contributed by atoms with E-state index in [-0.39, 0.29) is 18.8 Å². The van der Waals surface area contributed by atoms with Gasteiger partial charge >= 0.3 is 5.97 Å². The van der Waals surface area contributed by atoms with Crippen molar-refractivity contribution >= 4 is 24.0 Å². The molecule has 0 atom stereocenters. The minimum Gasteiger partial charge on any atom is -0.481 e. The molecule has 86 valence electrons. The summed E-state index contributed by atoms with van der Waals surface area (Å²) in [6.45, 7) is 3.80. The molecule has 1 N–H and O–H groups in total. The van der Waals surface area contributed by atoms with E-state index in [2.05, 4.69) is 4.98 Å². The van der Waals surface area contributed by atoms with Crippen LogP contribution in [0.4, 0.5) is 0 Å². The molecule has 0 aliphatic carbocycles. The largest absolute Gasteiger partial charge is 0.481 e. The number of carboxylic acids is 1. The first-order valence-electron chi connectivity index (χ1n) is 4.74. The van der Waals surface area contributed by atoms with Crippen LogP contribution in [0.5, 0.6) is 0 Å². The summed E-state index contributed by atoms with van der Waals surface area (Å²) in [4.78, 5) is 15.1. The Hall–Kier alpha value is -1.55. The highest BCUT2D eigenvalue weighted by Gasteiger charge is 2.12. The van der Waals surface area contributed by atoms with Crippen molar-refractivity contribution in [2.24, 2.45) is 0 Å². The highest BCUT2D eigenvalue weighted by molar-refractivity contribution is 5.85. The lowest BCUT2D eigenvalue weighted by molar-refractivity contribution is -0.136. The normalized spacial score (nSPS) is 10.1. The van der Waals surface area contributed by atoms with Crippen LogP contribution < -0.4 is 0 Å². The van der Waals surface area contributed by atoms with Gasteiger partial charge in [-0.05, 0) is 25.5 Å². The Morgan fingerprint density at radius 1 is 1.50 bits per heavy atom. The van der Waals surface area contributed by atoms with Crippen molar-refractivity contribution in [3.63, 3.8) is 0 Å². The Kier molecular flexibility index (Phi) is 3.55. The highest BCUT2D eigenvalue weighted by atomic mass is 35.5. The van der Waals surface area contributed by atoms with Crippen molar-refractivity contribution < 1.29 is 9.90 Å². The molecule has 0 saturated heterocycles. The van der Waals surface area contributed by atoms with E-state index in [1.54, 1.807) is 0 Å². The van der Waals surface area contributed by atoms with Crippen LogP contribution in [0.15, 0.2) is 18.3 Å². The number of carboxylic acid groups (broad SMARTS) is 1. The Bertz CT molecular complexity index is 534. The number of aliphatic carboxylic acids is 1. The average Bonchev–Trinajstić information content (AvgIpc) is 2.45. The molecular formula is C11H13ClN2O2. The summed E-state index contributed by atoms with van der Waals surface area (Å²) in [6.07, 6.45) is 1.86. The molecule has 2 heterocycles. The molecule has 0 bridgehead atoms. The molecule has 4 nitrogen and oxygen atoms in total. The van der Waals surface area contributed by atoms with Gasteiger partial charge in [0.1, 0.15) is 5.65 Å². The van der Waals surface area contributed by atoms with Crippen LogP contribution in [-0.4, -0.2) is 20.5 Å². The van der Waals surface area contributed by atoms with Crippen LogP contribution in [0.3, 0.4) is 0 Å². The zero-order valence-corrected chi connectivity index (χ0v) is 9.91. The van der Waals surface area contributed by atoms with E-state index in [4.69, 9.17) is 5.11 Å². The Morgan fingerprint density at radius 2 is 2.19 bits per heavy atom. The molecule has 5 heteroatoms. The van der Waals surface area contributed by atoms with Gasteiger partial charge in [0, 0.05) is 6.20 Å². The average molecular weight is 241 g/mol. The first-order chi connectivity index (χ1) is 7.09. The summed E-state index contributed by atoms with van der Waals surface area (Å²) >= 11 is 0. The second kappa shape index (κ2) is 4.53. The van der Waals surface area contributed by atoms with Gasteiger partial charge in [-0.25, -0.2) is 4.98 Å². The Labute approximate surface area is 99.3 Å². The number of nitrogens with zero attached hydrogens (tertiary/aromatic N) is 2. The summed E-state index contributed by atoms with van der Waals surface area (Å²) in [7, 11) is 0. The van der Waals surface area contributed by atoms with E-state index in [1.807, 2.05) is 36.6 Å². The van der Waals surface area contributed by atoms with Crippen LogP contribution in [0.1, 0.15) is 17.0 Å². The molecule has 0 spiro atoms. The molecule has 2 aromatic heterocycles. The van der Waals surface area contributed by atoms with Crippen LogP contribution in [-0.2, 0) is 11.2 Å². The van der Waals surface area contributed by atoms with Crippen LogP contribution in [0, 0.1) is 13.8 Å². The fourth-order valence-electron chi connectivity index (χ4n) is 1.72. The van der Waals surface area contributed by atoms with Gasteiger partial charge in [-0.15, -0.1) is 12.4 Å². The predicted molar refractivity (Wildman–Crippen MR) is 63.3 cm³/mol. The number of hydrogen-bond acceptors (Lipinski definition) is 2. The van der Waals surface area contributed by atoms with Gasteiger partial charge in [0.2, 0.25) is 0 Å². The molecule has 2 aromatic rings. The summed E-state index contributed by atoms with van der Waals surface area (Å²) in [6, 6.07) is 3.86. The van der Waals surface area contributed by atoms with E-state index in [1.165, 1.54) is 0 Å². The molecule has 0 aliphatic rings. The first kappa shape index (κ1) is 12.5. The minimum absolute atomic E-state index is 0. The lowest BCUT2D eigenvalue weighted by Gasteiger charge is -2.00. The molecule has 0 aliphatic heterocycles. The standard InChI is InChI=1S/C11H12N2O2.ClH/c1-7-4-3-5-13-9(6-10(14)15)8(2)12-11(7)13;/h3-5H,6H2,1-2H3,(H,14,15);1H. The van der Waals surface area contributed by atoms with Gasteiger partial charge in [0.05, 0.1) is 17.8 Å². The number of aromatic nitrogens is 2. The van der Waals surface area contributed by atoms with E-state index >= 15 is 0 Å². The monoisotopic (exact) mass is 240 g/mol. The van der Waals surface area contributed by atoms with Crippen molar-refractivity contribution in [2.75, 3.05) is 0 Å². The number of halogens is 1. The van der Waals surface area contributed by atoms with Crippen molar-refractivity contribution in [2.45, 2.75) is 20.3 Å². The number of pyridine rings is 1. The molecule has 0 saturated carbocycles. The minimum atomic E-state index is -0.832. The fraction of sp³-hybridized carbons (Fsp3) is 0.273. The first-order valence-corrected chi connectivity index (χ1v) is 4.74. The molecule has 0 unspecified atom stereocenters. The van der Waals surface area contributed by atoms with Gasteiger partial charge in [0.15, 0.2) is 0 Å². The highest BCUT2D eigenvalue weighted by Crippen LogP contribution is 2.15. The fourth-order valence-corrected chi connectivity index (χ4v) is 1.72. The van der Waals surface area contributed by atoms with Crippen molar-refractivity contribution in [3.05, 3.63) is 35.3 Å². The molecule has 16 heavy (non-hydrogen) atoms. The maximum absolute atomic E-state index is 10.7.